The Morgan fingerprint density at radius 1 is 1.40 bits per heavy atom. The zero-order chi connectivity index (χ0) is 14.4. The number of nitrogens with zero attached hydrogens (tertiary/aromatic N) is 2. The lowest BCUT2D eigenvalue weighted by Crippen LogP contribution is -2.34. The Morgan fingerprint density at radius 2 is 2.15 bits per heavy atom. The molecule has 5 heteroatoms. The van der Waals surface area contributed by atoms with E-state index in [1.165, 1.54) is 0 Å². The topological polar surface area (TPSA) is 62.7 Å². The first kappa shape index (κ1) is 14.4. The summed E-state index contributed by atoms with van der Waals surface area (Å²) in [4.78, 5) is 19.3. The molecule has 1 atom stereocenters. The number of nitrogens with one attached hydrogen (secondary N) is 2. The van der Waals surface area contributed by atoms with E-state index < -0.39 is 0 Å². The van der Waals surface area contributed by atoms with Crippen molar-refractivity contribution >= 4 is 5.91 Å². The summed E-state index contributed by atoms with van der Waals surface area (Å²) in [5.41, 5.74) is 1.03. The van der Waals surface area contributed by atoms with Crippen LogP contribution in [0.2, 0.25) is 0 Å². The second-order valence-corrected chi connectivity index (χ2v) is 5.39. The van der Waals surface area contributed by atoms with Crippen LogP contribution in [0.4, 0.5) is 0 Å². The van der Waals surface area contributed by atoms with Crippen molar-refractivity contribution in [2.45, 2.75) is 32.7 Å². The van der Waals surface area contributed by atoms with E-state index in [0.717, 1.165) is 18.5 Å². The van der Waals surface area contributed by atoms with Gasteiger partial charge in [-0.15, -0.1) is 0 Å². The molecule has 1 amide bonds. The number of aromatic nitrogens is 3. The van der Waals surface area contributed by atoms with Gasteiger partial charge in [0.25, 0.3) is 0 Å². The summed E-state index contributed by atoms with van der Waals surface area (Å²) >= 11 is 0. The van der Waals surface area contributed by atoms with Crippen molar-refractivity contribution in [3.8, 4) is 0 Å². The highest BCUT2D eigenvalue weighted by atomic mass is 16.2. The van der Waals surface area contributed by atoms with Gasteiger partial charge in [-0.2, -0.15) is 0 Å². The Balaban J connectivity index is 1.89. The Morgan fingerprint density at radius 3 is 2.75 bits per heavy atom. The van der Waals surface area contributed by atoms with Crippen LogP contribution in [0.15, 0.2) is 37.1 Å². The van der Waals surface area contributed by atoms with Gasteiger partial charge in [0.05, 0.1) is 6.33 Å². The molecule has 2 N–H and O–H groups in total. The summed E-state index contributed by atoms with van der Waals surface area (Å²) in [5.74, 6) is 0.551. The third kappa shape index (κ3) is 3.98. The SMILES string of the molecule is CC(C)C[C@H](C(=O)NCCc1cnc[nH]1)n1cccc1. The van der Waals surface area contributed by atoms with E-state index >= 15 is 0 Å². The number of hydrogen-bond acceptors (Lipinski definition) is 2. The molecule has 0 unspecified atom stereocenters. The number of carbonyl (C=O) groups is 1. The molecule has 0 spiro atoms. The molecule has 0 aliphatic heterocycles. The first-order valence-electron chi connectivity index (χ1n) is 7.04. The highest BCUT2D eigenvalue weighted by molar-refractivity contribution is 5.80. The van der Waals surface area contributed by atoms with Gasteiger partial charge < -0.3 is 14.9 Å². The number of aromatic amines is 1. The van der Waals surface area contributed by atoms with Gasteiger partial charge >= 0.3 is 0 Å². The quantitative estimate of drug-likeness (QED) is 0.812. The molecule has 0 aliphatic carbocycles. The molecule has 0 radical (unpaired) electrons. The minimum absolute atomic E-state index is 0.0782. The minimum atomic E-state index is -0.133. The maximum absolute atomic E-state index is 12.3. The Hall–Kier alpha value is -2.04. The van der Waals surface area contributed by atoms with E-state index in [4.69, 9.17) is 0 Å². The van der Waals surface area contributed by atoms with Crippen LogP contribution in [0.25, 0.3) is 0 Å². The molecule has 0 saturated heterocycles. The Bertz CT molecular complexity index is 502. The number of hydrogen-bond donors (Lipinski definition) is 2. The molecular weight excluding hydrogens is 252 g/mol. The molecule has 2 aromatic heterocycles. The maximum Gasteiger partial charge on any atom is 0.243 e. The fourth-order valence-corrected chi connectivity index (χ4v) is 2.23. The molecule has 5 nitrogen and oxygen atoms in total. The van der Waals surface area contributed by atoms with Gasteiger partial charge in [-0.25, -0.2) is 4.98 Å². The lowest BCUT2D eigenvalue weighted by atomic mass is 10.0. The van der Waals surface area contributed by atoms with Crippen molar-refractivity contribution < 1.29 is 4.79 Å². The Labute approximate surface area is 119 Å². The van der Waals surface area contributed by atoms with E-state index in [0.29, 0.717) is 12.5 Å². The predicted octanol–water partition coefficient (Wildman–Crippen LogP) is 2.16. The van der Waals surface area contributed by atoms with Crippen LogP contribution in [0, 0.1) is 5.92 Å². The molecule has 2 rings (SSSR count). The van der Waals surface area contributed by atoms with Crippen LogP contribution in [0.5, 0.6) is 0 Å². The van der Waals surface area contributed by atoms with Crippen LogP contribution in [-0.2, 0) is 11.2 Å². The third-order valence-electron chi connectivity index (χ3n) is 3.23. The normalized spacial score (nSPS) is 12.6. The van der Waals surface area contributed by atoms with E-state index in [1.807, 2.05) is 29.1 Å². The summed E-state index contributed by atoms with van der Waals surface area (Å²) in [7, 11) is 0. The van der Waals surface area contributed by atoms with Crippen molar-refractivity contribution in [1.82, 2.24) is 19.9 Å². The zero-order valence-corrected chi connectivity index (χ0v) is 12.0. The monoisotopic (exact) mass is 274 g/mol. The Kier molecular flexibility index (Phi) is 4.98. The van der Waals surface area contributed by atoms with Crippen molar-refractivity contribution in [3.63, 3.8) is 0 Å². The molecule has 0 saturated carbocycles. The van der Waals surface area contributed by atoms with E-state index in [-0.39, 0.29) is 11.9 Å². The molecule has 0 aliphatic rings. The summed E-state index contributed by atoms with van der Waals surface area (Å²) in [5, 5.41) is 3.01. The highest BCUT2D eigenvalue weighted by Crippen LogP contribution is 2.18. The number of amides is 1. The van der Waals surface area contributed by atoms with Crippen molar-refractivity contribution in [2.75, 3.05) is 6.54 Å². The number of H-pyrrole nitrogens is 1. The van der Waals surface area contributed by atoms with Crippen LogP contribution >= 0.6 is 0 Å². The van der Waals surface area contributed by atoms with Crippen molar-refractivity contribution in [3.05, 3.63) is 42.7 Å². The highest BCUT2D eigenvalue weighted by Gasteiger charge is 2.20. The van der Waals surface area contributed by atoms with Crippen LogP contribution in [0.1, 0.15) is 32.0 Å². The van der Waals surface area contributed by atoms with Gasteiger partial charge in [-0.3, -0.25) is 4.79 Å². The average molecular weight is 274 g/mol. The smallest absolute Gasteiger partial charge is 0.243 e. The lowest BCUT2D eigenvalue weighted by Gasteiger charge is -2.20. The molecule has 0 aromatic carbocycles. The number of imidazole rings is 1. The second-order valence-electron chi connectivity index (χ2n) is 5.39. The van der Waals surface area contributed by atoms with Gasteiger partial charge in [0.2, 0.25) is 5.91 Å². The molecule has 0 fully saturated rings. The summed E-state index contributed by atoms with van der Waals surface area (Å²) in [6, 6.07) is 3.77. The van der Waals surface area contributed by atoms with Crippen molar-refractivity contribution in [1.29, 1.82) is 0 Å². The van der Waals surface area contributed by atoms with Gasteiger partial charge in [0.15, 0.2) is 0 Å². The third-order valence-corrected chi connectivity index (χ3v) is 3.23. The molecule has 108 valence electrons. The van der Waals surface area contributed by atoms with Gasteiger partial charge in [-0.05, 0) is 24.5 Å². The summed E-state index contributed by atoms with van der Waals surface area (Å²) in [6.45, 7) is 4.89. The number of rotatable bonds is 7. The second kappa shape index (κ2) is 6.93. The lowest BCUT2D eigenvalue weighted by molar-refractivity contribution is -0.124. The standard InChI is InChI=1S/C15H22N4O/c1-12(2)9-14(19-7-3-4-8-19)15(20)17-6-5-13-10-16-11-18-13/h3-4,7-8,10-12,14H,5-6,9H2,1-2H3,(H,16,18)(H,17,20)/t14-/m1/s1. The largest absolute Gasteiger partial charge is 0.354 e. The first-order valence-corrected chi connectivity index (χ1v) is 7.04. The van der Waals surface area contributed by atoms with Crippen LogP contribution < -0.4 is 5.32 Å². The van der Waals surface area contributed by atoms with E-state index in [1.54, 1.807) is 12.5 Å². The van der Waals surface area contributed by atoms with Crippen LogP contribution in [0.3, 0.4) is 0 Å². The molecular formula is C15H22N4O. The molecule has 0 bridgehead atoms. The molecule has 2 heterocycles. The van der Waals surface area contributed by atoms with E-state index in [2.05, 4.69) is 29.1 Å². The minimum Gasteiger partial charge on any atom is -0.354 e. The fourth-order valence-electron chi connectivity index (χ4n) is 2.23. The summed E-state index contributed by atoms with van der Waals surface area (Å²) in [6.07, 6.45) is 8.93. The molecule has 20 heavy (non-hydrogen) atoms. The predicted molar refractivity (Wildman–Crippen MR) is 78.2 cm³/mol. The fraction of sp³-hybridized carbons (Fsp3) is 0.467. The average Bonchev–Trinajstić information content (AvgIpc) is 3.08. The van der Waals surface area contributed by atoms with Gasteiger partial charge in [-0.1, -0.05) is 13.8 Å². The zero-order valence-electron chi connectivity index (χ0n) is 12.0. The molecule has 2 aromatic rings. The van der Waals surface area contributed by atoms with Gasteiger partial charge in [0.1, 0.15) is 6.04 Å². The first-order chi connectivity index (χ1) is 9.66. The van der Waals surface area contributed by atoms with E-state index in [9.17, 15) is 4.79 Å². The van der Waals surface area contributed by atoms with Gasteiger partial charge in [0, 0.05) is 37.3 Å². The van der Waals surface area contributed by atoms with Crippen molar-refractivity contribution in [2.24, 2.45) is 5.92 Å². The summed E-state index contributed by atoms with van der Waals surface area (Å²) < 4.78 is 1.98. The maximum atomic E-state index is 12.3. The number of carbonyl (C=O) groups excluding carboxylic acids is 1. The van der Waals surface area contributed by atoms with Crippen LogP contribution in [-0.4, -0.2) is 27.0 Å².